The standard InChI is InChI=1S/C10H17N3O4S/c11-3-10-4-16-8(17-10)5(6(14)7(10)15)13-2-1-12-9(13)18/h5-8,14-15H,1-4,11H2,(H,12,18)/t5-,6-,7-,8?,10+/m1/s1. The molecular weight excluding hydrogens is 258 g/mol. The molecule has 5 atom stereocenters. The topological polar surface area (TPSA) is 100 Å². The highest BCUT2D eigenvalue weighted by molar-refractivity contribution is 7.80. The van der Waals surface area contributed by atoms with E-state index in [-0.39, 0.29) is 13.2 Å². The summed E-state index contributed by atoms with van der Waals surface area (Å²) in [6, 6.07) is -0.496. The van der Waals surface area contributed by atoms with Gasteiger partial charge < -0.3 is 35.6 Å². The maximum Gasteiger partial charge on any atom is 0.181 e. The van der Waals surface area contributed by atoms with Gasteiger partial charge in [0.05, 0.1) is 6.61 Å². The normalized spacial score (nSPS) is 47.5. The van der Waals surface area contributed by atoms with Gasteiger partial charge in [-0.1, -0.05) is 0 Å². The highest BCUT2D eigenvalue weighted by atomic mass is 32.1. The molecule has 0 aliphatic carbocycles. The number of fused-ring (bicyclic) bond motifs is 2. The number of aliphatic hydroxyl groups excluding tert-OH is 2. The molecule has 1 unspecified atom stereocenters. The van der Waals surface area contributed by atoms with Gasteiger partial charge in [-0.25, -0.2) is 0 Å². The molecule has 7 nitrogen and oxygen atoms in total. The lowest BCUT2D eigenvalue weighted by molar-refractivity contribution is -0.233. The van der Waals surface area contributed by atoms with E-state index in [1.807, 2.05) is 0 Å². The van der Waals surface area contributed by atoms with Gasteiger partial charge >= 0.3 is 0 Å². The summed E-state index contributed by atoms with van der Waals surface area (Å²) < 4.78 is 11.2. The van der Waals surface area contributed by atoms with Gasteiger partial charge in [0.25, 0.3) is 0 Å². The first-order valence-electron chi connectivity index (χ1n) is 5.99. The fourth-order valence-corrected chi connectivity index (χ4v) is 3.15. The molecule has 0 radical (unpaired) electrons. The average Bonchev–Trinajstić information content (AvgIpc) is 2.95. The van der Waals surface area contributed by atoms with Gasteiger partial charge in [-0.2, -0.15) is 0 Å². The van der Waals surface area contributed by atoms with Gasteiger partial charge in [0.15, 0.2) is 11.4 Å². The summed E-state index contributed by atoms with van der Waals surface area (Å²) in [7, 11) is 0. The number of nitrogens with zero attached hydrogens (tertiary/aromatic N) is 1. The largest absolute Gasteiger partial charge is 0.388 e. The first kappa shape index (κ1) is 12.5. The Morgan fingerprint density at radius 1 is 1.56 bits per heavy atom. The molecule has 0 aromatic heterocycles. The predicted octanol–water partition coefficient (Wildman–Crippen LogP) is -2.65. The van der Waals surface area contributed by atoms with Crippen molar-refractivity contribution >= 4 is 17.3 Å². The molecule has 0 aromatic carbocycles. The second kappa shape index (κ2) is 4.26. The van der Waals surface area contributed by atoms with Gasteiger partial charge in [-0.15, -0.1) is 0 Å². The van der Waals surface area contributed by atoms with Gasteiger partial charge in [0.1, 0.15) is 23.9 Å². The maximum atomic E-state index is 10.3. The van der Waals surface area contributed by atoms with Crippen molar-refractivity contribution in [3.8, 4) is 0 Å². The quantitative estimate of drug-likeness (QED) is 0.406. The van der Waals surface area contributed by atoms with Crippen LogP contribution in [-0.2, 0) is 9.47 Å². The third-order valence-corrected chi connectivity index (χ3v) is 4.31. The molecule has 3 aliphatic heterocycles. The molecule has 102 valence electrons. The molecule has 18 heavy (non-hydrogen) atoms. The van der Waals surface area contributed by atoms with E-state index in [4.69, 9.17) is 27.4 Å². The zero-order chi connectivity index (χ0) is 12.9. The third kappa shape index (κ3) is 1.57. The molecule has 3 rings (SSSR count). The van der Waals surface area contributed by atoms with Crippen molar-refractivity contribution < 1.29 is 19.7 Å². The second-order valence-electron chi connectivity index (χ2n) is 4.92. The Bertz CT molecular complexity index is 371. The smallest absolute Gasteiger partial charge is 0.181 e. The molecule has 5 N–H and O–H groups in total. The molecule has 3 heterocycles. The van der Waals surface area contributed by atoms with Crippen LogP contribution in [0.4, 0.5) is 0 Å². The number of nitrogens with two attached hydrogens (primary N) is 1. The minimum atomic E-state index is -1.07. The van der Waals surface area contributed by atoms with E-state index in [0.717, 1.165) is 0 Å². The van der Waals surface area contributed by atoms with Crippen molar-refractivity contribution in [2.45, 2.75) is 30.1 Å². The molecule has 3 saturated heterocycles. The van der Waals surface area contributed by atoms with E-state index < -0.39 is 30.1 Å². The van der Waals surface area contributed by atoms with Crippen LogP contribution in [0.2, 0.25) is 0 Å². The number of thiocarbonyl (C=S) groups is 1. The van der Waals surface area contributed by atoms with Crippen LogP contribution in [-0.4, -0.2) is 76.6 Å². The maximum absolute atomic E-state index is 10.3. The molecule has 2 bridgehead atoms. The van der Waals surface area contributed by atoms with Crippen LogP contribution >= 0.6 is 12.2 Å². The van der Waals surface area contributed by atoms with E-state index in [1.165, 1.54) is 0 Å². The Balaban J connectivity index is 1.87. The lowest BCUT2D eigenvalue weighted by atomic mass is 9.87. The van der Waals surface area contributed by atoms with Crippen LogP contribution in [0, 0.1) is 0 Å². The SMILES string of the molecule is NC[C@@]12COC(O1)[C@H](N1CCNC1=S)[C@@H](O)[C@H]2O. The van der Waals surface area contributed by atoms with Gasteiger partial charge in [-0.3, -0.25) is 0 Å². The summed E-state index contributed by atoms with van der Waals surface area (Å²) in [6.45, 7) is 1.67. The fraction of sp³-hybridized carbons (Fsp3) is 0.900. The van der Waals surface area contributed by atoms with Crippen LogP contribution in [0.1, 0.15) is 0 Å². The van der Waals surface area contributed by atoms with Crippen LogP contribution in [0.5, 0.6) is 0 Å². The summed E-state index contributed by atoms with van der Waals surface area (Å²) in [6.07, 6.45) is -2.67. The van der Waals surface area contributed by atoms with E-state index in [1.54, 1.807) is 4.90 Å². The second-order valence-corrected chi connectivity index (χ2v) is 5.30. The van der Waals surface area contributed by atoms with E-state index in [2.05, 4.69) is 5.32 Å². The van der Waals surface area contributed by atoms with Crippen LogP contribution in [0.25, 0.3) is 0 Å². The molecule has 0 amide bonds. The lowest BCUT2D eigenvalue weighted by Gasteiger charge is -2.45. The lowest BCUT2D eigenvalue weighted by Crippen LogP contribution is -2.67. The summed E-state index contributed by atoms with van der Waals surface area (Å²) in [5.41, 5.74) is 4.64. The third-order valence-electron chi connectivity index (χ3n) is 3.93. The fourth-order valence-electron chi connectivity index (χ4n) is 2.83. The Morgan fingerprint density at radius 2 is 2.33 bits per heavy atom. The van der Waals surface area contributed by atoms with Crippen molar-refractivity contribution in [2.75, 3.05) is 26.2 Å². The predicted molar refractivity (Wildman–Crippen MR) is 65.7 cm³/mol. The zero-order valence-electron chi connectivity index (χ0n) is 9.78. The molecule has 0 aromatic rings. The van der Waals surface area contributed by atoms with Crippen molar-refractivity contribution in [3.05, 3.63) is 0 Å². The van der Waals surface area contributed by atoms with Gasteiger partial charge in [0, 0.05) is 19.6 Å². The molecule has 0 spiro atoms. The Kier molecular flexibility index (Phi) is 2.96. The van der Waals surface area contributed by atoms with Crippen molar-refractivity contribution in [2.24, 2.45) is 5.73 Å². The van der Waals surface area contributed by atoms with Crippen molar-refractivity contribution in [3.63, 3.8) is 0 Å². The summed E-state index contributed by atoms with van der Waals surface area (Å²) >= 11 is 5.17. The number of rotatable bonds is 2. The molecule has 0 saturated carbocycles. The van der Waals surface area contributed by atoms with E-state index in [0.29, 0.717) is 18.2 Å². The first-order chi connectivity index (χ1) is 8.59. The number of nitrogens with one attached hydrogen (secondary N) is 1. The molecule has 3 fully saturated rings. The summed E-state index contributed by atoms with van der Waals surface area (Å²) in [4.78, 5) is 1.81. The Hall–Kier alpha value is -0.510. The molecule has 3 aliphatic rings. The van der Waals surface area contributed by atoms with Crippen molar-refractivity contribution in [1.82, 2.24) is 10.2 Å². The average molecular weight is 275 g/mol. The van der Waals surface area contributed by atoms with Crippen LogP contribution in [0.3, 0.4) is 0 Å². The minimum absolute atomic E-state index is 0.108. The number of hydrogen-bond acceptors (Lipinski definition) is 6. The Labute approximate surface area is 110 Å². The minimum Gasteiger partial charge on any atom is -0.388 e. The molecule has 8 heteroatoms. The zero-order valence-corrected chi connectivity index (χ0v) is 10.6. The summed E-state index contributed by atoms with van der Waals surface area (Å²) in [5, 5.41) is 24.1. The van der Waals surface area contributed by atoms with Gasteiger partial charge in [-0.05, 0) is 12.2 Å². The van der Waals surface area contributed by atoms with Crippen LogP contribution in [0.15, 0.2) is 0 Å². The number of ether oxygens (including phenoxy) is 2. The van der Waals surface area contributed by atoms with E-state index >= 15 is 0 Å². The number of aliphatic hydroxyl groups is 2. The van der Waals surface area contributed by atoms with Crippen molar-refractivity contribution in [1.29, 1.82) is 0 Å². The number of hydrogen-bond donors (Lipinski definition) is 4. The molecular formula is C10H17N3O4S. The van der Waals surface area contributed by atoms with Gasteiger partial charge in [0.2, 0.25) is 0 Å². The highest BCUT2D eigenvalue weighted by Crippen LogP contribution is 2.38. The highest BCUT2D eigenvalue weighted by Gasteiger charge is 2.60. The first-order valence-corrected chi connectivity index (χ1v) is 6.40. The monoisotopic (exact) mass is 275 g/mol. The summed E-state index contributed by atoms with van der Waals surface area (Å²) in [5.74, 6) is 0. The van der Waals surface area contributed by atoms with E-state index in [9.17, 15) is 10.2 Å². The van der Waals surface area contributed by atoms with Crippen LogP contribution < -0.4 is 11.1 Å². The Morgan fingerprint density at radius 3 is 2.94 bits per heavy atom.